The number of hydrogen-bond acceptors (Lipinski definition) is 3. The molecule has 8 rings (SSSR count). The summed E-state index contributed by atoms with van der Waals surface area (Å²) >= 11 is 12.5. The number of carbonyl (C=O) groups is 3. The van der Waals surface area contributed by atoms with Gasteiger partial charge in [-0.15, -0.1) is 0 Å². The average Bonchev–Trinajstić information content (AvgIpc) is 3.22. The molecule has 2 bridgehead atoms. The molecule has 0 radical (unpaired) electrons. The van der Waals surface area contributed by atoms with Gasteiger partial charge in [0, 0.05) is 16.9 Å². The molecule has 2 atom stereocenters. The Bertz CT molecular complexity index is 1550. The Kier molecular flexibility index (Phi) is 5.62. The van der Waals surface area contributed by atoms with Crippen molar-refractivity contribution in [3.05, 3.63) is 140 Å². The maximum absolute atomic E-state index is 14.3. The van der Waals surface area contributed by atoms with Crippen LogP contribution in [0.5, 0.6) is 0 Å². The van der Waals surface area contributed by atoms with Crippen LogP contribution in [0.2, 0.25) is 10.0 Å². The van der Waals surface area contributed by atoms with Crippen LogP contribution in [-0.2, 0) is 16.1 Å². The van der Waals surface area contributed by atoms with Gasteiger partial charge in [-0.3, -0.25) is 14.4 Å². The third-order valence-electron chi connectivity index (χ3n) is 8.25. The maximum atomic E-state index is 14.3. The van der Waals surface area contributed by atoms with Gasteiger partial charge >= 0.3 is 0 Å². The number of halogens is 2. The first-order valence-electron chi connectivity index (χ1n) is 12.8. The lowest BCUT2D eigenvalue weighted by atomic mass is 9.55. The van der Waals surface area contributed by atoms with Crippen molar-refractivity contribution < 1.29 is 14.4 Å². The van der Waals surface area contributed by atoms with Gasteiger partial charge in [0.2, 0.25) is 0 Å². The monoisotopic (exact) mass is 552 g/mol. The second-order valence-corrected chi connectivity index (χ2v) is 11.1. The van der Waals surface area contributed by atoms with Crippen LogP contribution in [0, 0.1) is 11.8 Å². The molecule has 1 saturated heterocycles. The van der Waals surface area contributed by atoms with Gasteiger partial charge in [-0.05, 0) is 52.1 Å². The summed E-state index contributed by atoms with van der Waals surface area (Å²) in [4.78, 5) is 42.7. The molecule has 3 amide bonds. The van der Waals surface area contributed by atoms with E-state index in [4.69, 9.17) is 23.2 Å². The predicted octanol–water partition coefficient (Wildman–Crippen LogP) is 6.44. The number of rotatable bonds is 4. The summed E-state index contributed by atoms with van der Waals surface area (Å²) in [5, 5.41) is 3.14. The number of amides is 3. The first-order valence-corrected chi connectivity index (χ1v) is 13.6. The zero-order valence-electron chi connectivity index (χ0n) is 20.6. The van der Waals surface area contributed by atoms with E-state index in [1.54, 1.807) is 48.5 Å². The Morgan fingerprint density at radius 3 is 1.62 bits per heavy atom. The Morgan fingerprint density at radius 2 is 1.13 bits per heavy atom. The van der Waals surface area contributed by atoms with E-state index < -0.39 is 17.7 Å². The van der Waals surface area contributed by atoms with Crippen molar-refractivity contribution in [2.45, 2.75) is 18.4 Å². The van der Waals surface area contributed by atoms with Crippen molar-refractivity contribution in [1.29, 1.82) is 0 Å². The number of hydrogen-bond donors (Lipinski definition) is 0. The first-order chi connectivity index (χ1) is 19.0. The Balaban J connectivity index is 1.36. The SMILES string of the molecule is O=C(c1ccccc1Cl)N(Cc1ccc(Cl)cc1)N1C(=O)[C@@H]2C3c4ccccc4C(c4ccccc43)[C@@H]2C1=O. The number of carbonyl (C=O) groups excluding carboxylic acids is 3. The fourth-order valence-corrected chi connectivity index (χ4v) is 7.01. The van der Waals surface area contributed by atoms with E-state index in [2.05, 4.69) is 24.3 Å². The second-order valence-electron chi connectivity index (χ2n) is 10.2. The summed E-state index contributed by atoms with van der Waals surface area (Å²) in [6.45, 7) is 0.00732. The lowest BCUT2D eigenvalue weighted by molar-refractivity contribution is -0.155. The van der Waals surface area contributed by atoms with E-state index in [1.807, 2.05) is 24.3 Å². The molecular formula is C32H22Cl2N2O3. The van der Waals surface area contributed by atoms with Crippen LogP contribution in [-0.4, -0.2) is 27.7 Å². The van der Waals surface area contributed by atoms with Crippen LogP contribution in [0.25, 0.3) is 0 Å². The van der Waals surface area contributed by atoms with Crippen molar-refractivity contribution in [3.8, 4) is 0 Å². The van der Waals surface area contributed by atoms with Crippen LogP contribution in [0.1, 0.15) is 50.0 Å². The van der Waals surface area contributed by atoms with Gasteiger partial charge in [0.15, 0.2) is 0 Å². The molecule has 0 unspecified atom stereocenters. The van der Waals surface area contributed by atoms with Crippen molar-refractivity contribution in [2.24, 2.45) is 11.8 Å². The van der Waals surface area contributed by atoms with Crippen LogP contribution >= 0.6 is 23.2 Å². The van der Waals surface area contributed by atoms with Crippen molar-refractivity contribution in [1.82, 2.24) is 10.0 Å². The highest BCUT2D eigenvalue weighted by Gasteiger charge is 2.63. The summed E-state index contributed by atoms with van der Waals surface area (Å²) in [5.74, 6) is -2.96. The van der Waals surface area contributed by atoms with Gasteiger partial charge in [-0.25, -0.2) is 5.01 Å². The van der Waals surface area contributed by atoms with Gasteiger partial charge in [-0.1, -0.05) is 96.0 Å². The Labute approximate surface area is 235 Å². The van der Waals surface area contributed by atoms with E-state index in [0.29, 0.717) is 5.02 Å². The summed E-state index contributed by atoms with van der Waals surface area (Å²) in [6, 6.07) is 29.8. The van der Waals surface area contributed by atoms with E-state index in [9.17, 15) is 14.4 Å². The maximum Gasteiger partial charge on any atom is 0.274 e. The largest absolute Gasteiger partial charge is 0.274 e. The van der Waals surface area contributed by atoms with Crippen molar-refractivity contribution in [3.63, 3.8) is 0 Å². The quantitative estimate of drug-likeness (QED) is 0.273. The van der Waals surface area contributed by atoms with Crippen LogP contribution < -0.4 is 0 Å². The molecule has 0 spiro atoms. The summed E-state index contributed by atoms with van der Waals surface area (Å²) in [7, 11) is 0. The van der Waals surface area contributed by atoms with Crippen molar-refractivity contribution in [2.75, 3.05) is 0 Å². The number of nitrogens with zero attached hydrogens (tertiary/aromatic N) is 2. The Hall–Kier alpha value is -3.93. The Morgan fingerprint density at radius 1 is 0.667 bits per heavy atom. The normalized spacial score (nSPS) is 22.4. The second kappa shape index (κ2) is 9.08. The molecule has 5 nitrogen and oxygen atoms in total. The molecule has 1 fully saturated rings. The van der Waals surface area contributed by atoms with E-state index in [1.165, 1.54) is 5.01 Å². The first kappa shape index (κ1) is 24.1. The third kappa shape index (κ3) is 3.57. The molecule has 7 heteroatoms. The topological polar surface area (TPSA) is 57.7 Å². The highest BCUT2D eigenvalue weighted by Crippen LogP contribution is 2.61. The molecule has 1 aliphatic heterocycles. The molecule has 4 aromatic rings. The molecule has 1 heterocycles. The predicted molar refractivity (Wildman–Crippen MR) is 148 cm³/mol. The summed E-state index contributed by atoms with van der Waals surface area (Å²) in [6.07, 6.45) is 0. The average molecular weight is 553 g/mol. The molecule has 4 aliphatic rings. The minimum absolute atomic E-state index is 0.00732. The smallest absolute Gasteiger partial charge is 0.272 e. The summed E-state index contributed by atoms with van der Waals surface area (Å²) < 4.78 is 0. The fraction of sp³-hybridized carbons (Fsp3) is 0.156. The molecule has 192 valence electrons. The van der Waals surface area contributed by atoms with Crippen molar-refractivity contribution >= 4 is 40.9 Å². The zero-order valence-corrected chi connectivity index (χ0v) is 22.1. The minimum Gasteiger partial charge on any atom is -0.272 e. The molecule has 39 heavy (non-hydrogen) atoms. The molecule has 0 saturated carbocycles. The molecule has 4 aromatic carbocycles. The lowest BCUT2D eigenvalue weighted by Gasteiger charge is -2.45. The number of hydrazine groups is 1. The highest BCUT2D eigenvalue weighted by molar-refractivity contribution is 6.34. The van der Waals surface area contributed by atoms with Gasteiger partial charge in [-0.2, -0.15) is 5.01 Å². The van der Waals surface area contributed by atoms with Gasteiger partial charge in [0.05, 0.1) is 29.0 Å². The number of benzene rings is 4. The zero-order chi connectivity index (χ0) is 26.8. The third-order valence-corrected chi connectivity index (χ3v) is 8.83. The van der Waals surface area contributed by atoms with Crippen LogP contribution in [0.4, 0.5) is 0 Å². The van der Waals surface area contributed by atoms with Crippen LogP contribution in [0.3, 0.4) is 0 Å². The fourth-order valence-electron chi connectivity index (χ4n) is 6.67. The molecular weight excluding hydrogens is 531 g/mol. The van der Waals surface area contributed by atoms with Gasteiger partial charge < -0.3 is 0 Å². The van der Waals surface area contributed by atoms with E-state index in [-0.39, 0.29) is 40.8 Å². The van der Waals surface area contributed by atoms with Gasteiger partial charge in [0.25, 0.3) is 17.7 Å². The molecule has 0 aromatic heterocycles. The molecule has 0 N–H and O–H groups in total. The summed E-state index contributed by atoms with van der Waals surface area (Å²) in [5.41, 5.74) is 5.25. The highest BCUT2D eigenvalue weighted by atomic mass is 35.5. The van der Waals surface area contributed by atoms with E-state index >= 15 is 0 Å². The molecule has 3 aliphatic carbocycles. The lowest BCUT2D eigenvalue weighted by Crippen LogP contribution is -2.50. The van der Waals surface area contributed by atoms with E-state index in [0.717, 1.165) is 32.8 Å². The van der Waals surface area contributed by atoms with Crippen LogP contribution in [0.15, 0.2) is 97.1 Å². The number of imide groups is 1. The van der Waals surface area contributed by atoms with Gasteiger partial charge in [0.1, 0.15) is 0 Å². The standard InChI is InChI=1S/C32H22Cl2N2O3/c33-19-15-13-18(14-16-19)17-35(30(37)24-11-5-6-12-25(24)34)36-31(38)28-26-20-7-1-2-8-21(20)27(29(28)32(36)39)23-10-4-3-9-22(23)26/h1-16,26-29H,17H2/t26?,27?,28-,29+. The minimum atomic E-state index is -0.598.